The third kappa shape index (κ3) is 8.41. The van der Waals surface area contributed by atoms with Crippen molar-refractivity contribution in [1.29, 1.82) is 0 Å². The van der Waals surface area contributed by atoms with Crippen LogP contribution in [0.2, 0.25) is 0 Å². The van der Waals surface area contributed by atoms with E-state index in [0.29, 0.717) is 11.1 Å². The minimum Gasteiger partial charge on any atom is -0.406 e. The summed E-state index contributed by atoms with van der Waals surface area (Å²) in [5, 5.41) is 2.78. The van der Waals surface area contributed by atoms with Crippen LogP contribution in [0.5, 0.6) is 5.75 Å². The highest BCUT2D eigenvalue weighted by molar-refractivity contribution is 14.0. The van der Waals surface area contributed by atoms with Crippen molar-refractivity contribution in [1.82, 2.24) is 5.32 Å². The monoisotopic (exact) mass is 501 g/mol. The van der Waals surface area contributed by atoms with Crippen molar-refractivity contribution in [2.75, 3.05) is 6.54 Å². The molecule has 2 aromatic rings. The second kappa shape index (κ2) is 10.3. The Kier molecular flexibility index (Phi) is 8.73. The highest BCUT2D eigenvalue weighted by Gasteiger charge is 2.30. The number of alkyl halides is 3. The molecule has 0 spiro atoms. The van der Waals surface area contributed by atoms with Crippen LogP contribution in [0.3, 0.4) is 0 Å². The van der Waals surface area contributed by atoms with E-state index in [4.69, 9.17) is 5.73 Å². The lowest BCUT2D eigenvalue weighted by Crippen LogP contribution is -2.33. The van der Waals surface area contributed by atoms with Crippen LogP contribution in [0.4, 0.5) is 22.0 Å². The summed E-state index contributed by atoms with van der Waals surface area (Å²) >= 11 is 0. The smallest absolute Gasteiger partial charge is 0.406 e. The van der Waals surface area contributed by atoms with Gasteiger partial charge in [-0.3, -0.25) is 0 Å². The zero-order valence-electron chi connectivity index (χ0n) is 13.9. The van der Waals surface area contributed by atoms with Crippen LogP contribution in [-0.2, 0) is 13.0 Å². The molecule has 0 radical (unpaired) electrons. The number of nitrogens with zero attached hydrogens (tertiary/aromatic N) is 1. The van der Waals surface area contributed by atoms with Crippen molar-refractivity contribution in [3.05, 3.63) is 65.2 Å². The molecule has 0 fully saturated rings. The van der Waals surface area contributed by atoms with Gasteiger partial charge in [-0.05, 0) is 35.7 Å². The summed E-state index contributed by atoms with van der Waals surface area (Å²) in [7, 11) is 0. The molecule has 148 valence electrons. The predicted octanol–water partition coefficient (Wildman–Crippen LogP) is 4.13. The minimum absolute atomic E-state index is 0. The van der Waals surface area contributed by atoms with E-state index in [1.54, 1.807) is 0 Å². The van der Waals surface area contributed by atoms with Gasteiger partial charge >= 0.3 is 6.36 Å². The van der Waals surface area contributed by atoms with Crippen LogP contribution in [-0.4, -0.2) is 18.9 Å². The molecule has 0 saturated heterocycles. The molecule has 4 nitrogen and oxygen atoms in total. The van der Waals surface area contributed by atoms with Crippen LogP contribution in [0, 0.1) is 11.6 Å². The van der Waals surface area contributed by atoms with Gasteiger partial charge in [-0.25, -0.2) is 13.8 Å². The maximum Gasteiger partial charge on any atom is 0.573 e. The molecule has 3 N–H and O–H groups in total. The first kappa shape index (κ1) is 22.9. The number of nitrogens with two attached hydrogens (primary N) is 1. The largest absolute Gasteiger partial charge is 0.573 e. The van der Waals surface area contributed by atoms with Gasteiger partial charge in [0.15, 0.2) is 5.96 Å². The lowest BCUT2D eigenvalue weighted by Gasteiger charge is -2.09. The van der Waals surface area contributed by atoms with Crippen LogP contribution in [0.25, 0.3) is 0 Å². The number of hydrogen-bond donors (Lipinski definition) is 2. The van der Waals surface area contributed by atoms with Crippen LogP contribution in [0.1, 0.15) is 11.1 Å². The standard InChI is InChI=1S/C17H16F5N3O.HI/c18-13-4-3-12(15(19)9-13)7-8-24-16(23)25-10-11-1-5-14(6-2-11)26-17(20,21)22;/h1-6,9H,7-8,10H2,(H3,23,24,25);1H. The number of halogens is 6. The van der Waals surface area contributed by atoms with Gasteiger partial charge in [-0.1, -0.05) is 18.2 Å². The van der Waals surface area contributed by atoms with Crippen molar-refractivity contribution < 1.29 is 26.7 Å². The Morgan fingerprint density at radius 1 is 1.07 bits per heavy atom. The van der Waals surface area contributed by atoms with Crippen molar-refractivity contribution in [3.8, 4) is 5.75 Å². The first-order valence-corrected chi connectivity index (χ1v) is 7.55. The molecule has 0 bridgehead atoms. The Morgan fingerprint density at radius 2 is 1.74 bits per heavy atom. The molecule has 0 aliphatic carbocycles. The molecule has 0 aliphatic rings. The summed E-state index contributed by atoms with van der Waals surface area (Å²) in [5.41, 5.74) is 6.65. The van der Waals surface area contributed by atoms with E-state index in [1.165, 1.54) is 36.4 Å². The van der Waals surface area contributed by atoms with Crippen LogP contribution >= 0.6 is 24.0 Å². The molecule has 2 rings (SSSR count). The van der Waals surface area contributed by atoms with E-state index in [2.05, 4.69) is 15.0 Å². The van der Waals surface area contributed by atoms with Crippen molar-refractivity contribution in [3.63, 3.8) is 0 Å². The summed E-state index contributed by atoms with van der Waals surface area (Å²) < 4.78 is 66.3. The first-order valence-electron chi connectivity index (χ1n) is 7.55. The second-order valence-electron chi connectivity index (χ2n) is 5.31. The Hall–Kier alpha value is -2.11. The van der Waals surface area contributed by atoms with E-state index in [1.807, 2.05) is 0 Å². The number of ether oxygens (including phenoxy) is 1. The lowest BCUT2D eigenvalue weighted by atomic mass is 10.1. The number of hydrogen-bond acceptors (Lipinski definition) is 2. The molecule has 0 aromatic heterocycles. The van der Waals surface area contributed by atoms with Crippen molar-refractivity contribution in [2.24, 2.45) is 10.7 Å². The lowest BCUT2D eigenvalue weighted by molar-refractivity contribution is -0.274. The van der Waals surface area contributed by atoms with Crippen molar-refractivity contribution in [2.45, 2.75) is 19.3 Å². The van der Waals surface area contributed by atoms with Gasteiger partial charge in [-0.15, -0.1) is 37.1 Å². The maximum absolute atomic E-state index is 13.5. The average Bonchev–Trinajstić information content (AvgIpc) is 2.55. The Morgan fingerprint density at radius 3 is 2.33 bits per heavy atom. The van der Waals surface area contributed by atoms with Gasteiger partial charge in [0.05, 0.1) is 6.54 Å². The van der Waals surface area contributed by atoms with Gasteiger partial charge in [-0.2, -0.15) is 0 Å². The summed E-state index contributed by atoms with van der Waals surface area (Å²) in [6.45, 7) is 0.437. The predicted molar refractivity (Wildman–Crippen MR) is 102 cm³/mol. The van der Waals surface area contributed by atoms with E-state index in [0.717, 1.165) is 6.07 Å². The number of nitrogens with one attached hydrogen (secondary N) is 1. The Labute approximate surface area is 169 Å². The summed E-state index contributed by atoms with van der Waals surface area (Å²) in [4.78, 5) is 4.03. The molecular formula is C17H17F5IN3O. The van der Waals surface area contributed by atoms with Gasteiger partial charge in [0.1, 0.15) is 17.4 Å². The first-order chi connectivity index (χ1) is 12.2. The van der Waals surface area contributed by atoms with Gasteiger partial charge in [0, 0.05) is 12.6 Å². The summed E-state index contributed by atoms with van der Waals surface area (Å²) in [5.74, 6) is -1.50. The average molecular weight is 501 g/mol. The zero-order valence-corrected chi connectivity index (χ0v) is 16.2. The number of benzene rings is 2. The highest BCUT2D eigenvalue weighted by Crippen LogP contribution is 2.22. The van der Waals surface area contributed by atoms with Crippen LogP contribution in [0.15, 0.2) is 47.5 Å². The zero-order chi connectivity index (χ0) is 19.2. The third-order valence-corrected chi connectivity index (χ3v) is 3.30. The fourth-order valence-corrected chi connectivity index (χ4v) is 2.08. The van der Waals surface area contributed by atoms with Crippen LogP contribution < -0.4 is 15.8 Å². The second-order valence-corrected chi connectivity index (χ2v) is 5.31. The summed E-state index contributed by atoms with van der Waals surface area (Å²) in [6, 6.07) is 8.56. The van der Waals surface area contributed by atoms with E-state index < -0.39 is 18.0 Å². The fraction of sp³-hybridized carbons (Fsp3) is 0.235. The SMILES string of the molecule is I.NC(=NCc1ccc(OC(F)(F)F)cc1)NCCc1ccc(F)cc1F. The van der Waals surface area contributed by atoms with Crippen molar-refractivity contribution >= 4 is 29.9 Å². The third-order valence-electron chi connectivity index (χ3n) is 3.30. The minimum atomic E-state index is -4.74. The number of rotatable bonds is 6. The Balaban J connectivity index is 0.00000364. The Bertz CT molecular complexity index is 766. The topological polar surface area (TPSA) is 59.6 Å². The highest BCUT2D eigenvalue weighted by atomic mass is 127. The van der Waals surface area contributed by atoms with E-state index in [9.17, 15) is 22.0 Å². The van der Waals surface area contributed by atoms with Gasteiger partial charge < -0.3 is 15.8 Å². The molecular weight excluding hydrogens is 484 g/mol. The molecule has 0 amide bonds. The van der Waals surface area contributed by atoms with E-state index in [-0.39, 0.29) is 55.2 Å². The molecule has 27 heavy (non-hydrogen) atoms. The number of guanidine groups is 1. The molecule has 0 unspecified atom stereocenters. The fourth-order valence-electron chi connectivity index (χ4n) is 2.08. The molecule has 0 saturated carbocycles. The molecule has 2 aromatic carbocycles. The number of aliphatic imine (C=N–C) groups is 1. The normalized spacial score (nSPS) is 11.7. The molecule has 0 heterocycles. The molecule has 0 atom stereocenters. The molecule has 10 heteroatoms. The van der Waals surface area contributed by atoms with E-state index >= 15 is 0 Å². The maximum atomic E-state index is 13.5. The summed E-state index contributed by atoms with van der Waals surface area (Å²) in [6.07, 6.45) is -4.45. The quantitative estimate of drug-likeness (QED) is 0.271. The molecule has 0 aliphatic heterocycles. The van der Waals surface area contributed by atoms with Gasteiger partial charge in [0.25, 0.3) is 0 Å². The van der Waals surface area contributed by atoms with Gasteiger partial charge in [0.2, 0.25) is 0 Å².